The SMILES string of the molecule is O=S(=O)(NCc1ccncc1)c1ccccc1C(F)(F)F. The standard InChI is InChI=1S/C13H11F3N2O2S/c14-13(15,16)11-3-1-2-4-12(11)21(19,20)18-9-10-5-7-17-8-6-10/h1-8,18H,9H2. The predicted octanol–water partition coefficient (Wildman–Crippen LogP) is 2.58. The second-order valence-corrected chi connectivity index (χ2v) is 5.91. The van der Waals surface area contributed by atoms with E-state index in [-0.39, 0.29) is 6.54 Å². The van der Waals surface area contributed by atoms with Crippen LogP contribution in [0.3, 0.4) is 0 Å². The molecule has 0 saturated heterocycles. The van der Waals surface area contributed by atoms with Gasteiger partial charge in [-0.1, -0.05) is 12.1 Å². The molecule has 1 aromatic heterocycles. The fourth-order valence-corrected chi connectivity index (χ4v) is 2.94. The van der Waals surface area contributed by atoms with Crippen molar-refractivity contribution in [3.05, 3.63) is 59.9 Å². The van der Waals surface area contributed by atoms with Crippen LogP contribution in [0.5, 0.6) is 0 Å². The van der Waals surface area contributed by atoms with Crippen LogP contribution in [-0.4, -0.2) is 13.4 Å². The Kier molecular flexibility index (Phi) is 4.29. The Balaban J connectivity index is 2.29. The maximum Gasteiger partial charge on any atom is 0.417 e. The van der Waals surface area contributed by atoms with E-state index < -0.39 is 26.7 Å². The number of hydrogen-bond donors (Lipinski definition) is 1. The molecule has 0 spiro atoms. The average molecular weight is 316 g/mol. The van der Waals surface area contributed by atoms with Crippen LogP contribution in [0.1, 0.15) is 11.1 Å². The van der Waals surface area contributed by atoms with Gasteiger partial charge in [-0.05, 0) is 29.8 Å². The molecule has 0 radical (unpaired) electrons. The highest BCUT2D eigenvalue weighted by Crippen LogP contribution is 2.33. The smallest absolute Gasteiger partial charge is 0.265 e. The summed E-state index contributed by atoms with van der Waals surface area (Å²) in [4.78, 5) is 2.98. The summed E-state index contributed by atoms with van der Waals surface area (Å²) in [5, 5.41) is 0. The maximum atomic E-state index is 12.8. The molecule has 21 heavy (non-hydrogen) atoms. The van der Waals surface area contributed by atoms with E-state index in [0.29, 0.717) is 5.56 Å². The van der Waals surface area contributed by atoms with Gasteiger partial charge in [0, 0.05) is 18.9 Å². The van der Waals surface area contributed by atoms with Crippen molar-refractivity contribution in [3.8, 4) is 0 Å². The summed E-state index contributed by atoms with van der Waals surface area (Å²) < 4.78 is 64.8. The molecular formula is C13H11F3N2O2S. The average Bonchev–Trinajstić information content (AvgIpc) is 2.45. The van der Waals surface area contributed by atoms with Gasteiger partial charge in [0.15, 0.2) is 0 Å². The lowest BCUT2D eigenvalue weighted by atomic mass is 10.2. The number of rotatable bonds is 4. The Morgan fingerprint density at radius 3 is 2.29 bits per heavy atom. The first-order chi connectivity index (χ1) is 9.81. The van der Waals surface area contributed by atoms with Gasteiger partial charge in [-0.25, -0.2) is 13.1 Å². The summed E-state index contributed by atoms with van der Waals surface area (Å²) in [7, 11) is -4.26. The second-order valence-electron chi connectivity index (χ2n) is 4.17. The highest BCUT2D eigenvalue weighted by molar-refractivity contribution is 7.89. The number of halogens is 3. The van der Waals surface area contributed by atoms with Gasteiger partial charge in [-0.15, -0.1) is 0 Å². The topological polar surface area (TPSA) is 59.1 Å². The number of benzene rings is 1. The summed E-state index contributed by atoms with van der Waals surface area (Å²) in [5.74, 6) is 0. The van der Waals surface area contributed by atoms with E-state index in [4.69, 9.17) is 0 Å². The normalized spacial score (nSPS) is 12.3. The number of hydrogen-bond acceptors (Lipinski definition) is 3. The van der Waals surface area contributed by atoms with Gasteiger partial charge in [0.05, 0.1) is 10.5 Å². The van der Waals surface area contributed by atoms with Crippen LogP contribution in [0.2, 0.25) is 0 Å². The van der Waals surface area contributed by atoms with Crippen LogP contribution in [-0.2, 0) is 22.7 Å². The van der Waals surface area contributed by atoms with Crippen molar-refractivity contribution >= 4 is 10.0 Å². The number of nitrogens with one attached hydrogen (secondary N) is 1. The predicted molar refractivity (Wildman–Crippen MR) is 69.7 cm³/mol. The zero-order valence-electron chi connectivity index (χ0n) is 10.6. The molecule has 2 aromatic rings. The van der Waals surface area contributed by atoms with Crippen molar-refractivity contribution in [2.75, 3.05) is 0 Å². The third-order valence-corrected chi connectivity index (χ3v) is 4.16. The third-order valence-electron chi connectivity index (χ3n) is 2.70. The number of aromatic nitrogens is 1. The Morgan fingerprint density at radius 2 is 1.67 bits per heavy atom. The zero-order valence-corrected chi connectivity index (χ0v) is 11.4. The summed E-state index contributed by atoms with van der Waals surface area (Å²) in [6, 6.07) is 7.19. The summed E-state index contributed by atoms with van der Waals surface area (Å²) in [5.41, 5.74) is -0.592. The van der Waals surface area contributed by atoms with Crippen LogP contribution in [0, 0.1) is 0 Å². The van der Waals surface area contributed by atoms with Crippen molar-refractivity contribution in [3.63, 3.8) is 0 Å². The fourth-order valence-electron chi connectivity index (χ4n) is 1.69. The molecule has 0 aliphatic carbocycles. The van der Waals surface area contributed by atoms with Crippen molar-refractivity contribution < 1.29 is 21.6 Å². The van der Waals surface area contributed by atoms with Gasteiger partial charge in [-0.3, -0.25) is 4.98 Å². The first-order valence-electron chi connectivity index (χ1n) is 5.85. The molecule has 112 valence electrons. The molecule has 4 nitrogen and oxygen atoms in total. The van der Waals surface area contributed by atoms with E-state index in [1.54, 1.807) is 12.1 Å². The van der Waals surface area contributed by atoms with E-state index in [1.807, 2.05) is 0 Å². The van der Waals surface area contributed by atoms with Crippen molar-refractivity contribution in [2.24, 2.45) is 0 Å². The molecule has 1 heterocycles. The van der Waals surface area contributed by atoms with Gasteiger partial charge in [0.25, 0.3) is 0 Å². The molecule has 0 saturated carbocycles. The van der Waals surface area contributed by atoms with Gasteiger partial charge in [0.1, 0.15) is 0 Å². The van der Waals surface area contributed by atoms with Crippen LogP contribution in [0.15, 0.2) is 53.7 Å². The molecule has 1 N–H and O–H groups in total. The molecule has 1 aromatic carbocycles. The summed E-state index contributed by atoms with van der Waals surface area (Å²) >= 11 is 0. The van der Waals surface area contributed by atoms with Crippen LogP contribution < -0.4 is 4.72 Å². The van der Waals surface area contributed by atoms with Crippen LogP contribution >= 0.6 is 0 Å². The third kappa shape index (κ3) is 3.79. The van der Waals surface area contributed by atoms with Gasteiger partial charge >= 0.3 is 6.18 Å². The largest absolute Gasteiger partial charge is 0.417 e. The molecule has 2 rings (SSSR count). The Bertz CT molecular complexity index is 716. The van der Waals surface area contributed by atoms with E-state index in [1.165, 1.54) is 18.5 Å². The lowest BCUT2D eigenvalue weighted by Crippen LogP contribution is -2.26. The molecule has 0 atom stereocenters. The molecule has 0 unspecified atom stereocenters. The van der Waals surface area contributed by atoms with E-state index >= 15 is 0 Å². The molecule has 0 bridgehead atoms. The second kappa shape index (κ2) is 5.82. The monoisotopic (exact) mass is 316 g/mol. The Hall–Kier alpha value is -1.93. The quantitative estimate of drug-likeness (QED) is 0.943. The number of pyridine rings is 1. The summed E-state index contributed by atoms with van der Waals surface area (Å²) in [6.45, 7) is -0.114. The lowest BCUT2D eigenvalue weighted by molar-refractivity contribution is -0.139. The Morgan fingerprint density at radius 1 is 1.05 bits per heavy atom. The first-order valence-corrected chi connectivity index (χ1v) is 7.34. The van der Waals surface area contributed by atoms with Crippen molar-refractivity contribution in [1.82, 2.24) is 9.71 Å². The van der Waals surface area contributed by atoms with Gasteiger partial charge in [-0.2, -0.15) is 13.2 Å². The Labute approximate surface area is 119 Å². The first kappa shape index (κ1) is 15.5. The molecule has 0 aliphatic rings. The molecule has 0 fully saturated rings. The number of sulfonamides is 1. The van der Waals surface area contributed by atoms with E-state index in [2.05, 4.69) is 9.71 Å². The minimum Gasteiger partial charge on any atom is -0.265 e. The molecule has 8 heteroatoms. The van der Waals surface area contributed by atoms with Crippen LogP contribution in [0.25, 0.3) is 0 Å². The number of nitrogens with zero attached hydrogens (tertiary/aromatic N) is 1. The van der Waals surface area contributed by atoms with E-state index in [9.17, 15) is 21.6 Å². The van der Waals surface area contributed by atoms with Crippen molar-refractivity contribution in [1.29, 1.82) is 0 Å². The molecule has 0 amide bonds. The van der Waals surface area contributed by atoms with E-state index in [0.717, 1.165) is 18.2 Å². The molecule has 0 aliphatic heterocycles. The fraction of sp³-hybridized carbons (Fsp3) is 0.154. The summed E-state index contributed by atoms with van der Waals surface area (Å²) in [6.07, 6.45) is -1.80. The highest BCUT2D eigenvalue weighted by atomic mass is 32.2. The zero-order chi connectivity index (χ0) is 15.5. The van der Waals surface area contributed by atoms with Gasteiger partial charge in [0.2, 0.25) is 10.0 Å². The van der Waals surface area contributed by atoms with Gasteiger partial charge < -0.3 is 0 Å². The van der Waals surface area contributed by atoms with Crippen LogP contribution in [0.4, 0.5) is 13.2 Å². The minimum atomic E-state index is -4.73. The maximum absolute atomic E-state index is 12.8. The molecular weight excluding hydrogens is 305 g/mol. The minimum absolute atomic E-state index is 0.114. The number of alkyl halides is 3. The van der Waals surface area contributed by atoms with Crippen molar-refractivity contribution in [2.45, 2.75) is 17.6 Å². The highest BCUT2D eigenvalue weighted by Gasteiger charge is 2.36. The lowest BCUT2D eigenvalue weighted by Gasteiger charge is -2.13.